The predicted octanol–water partition coefficient (Wildman–Crippen LogP) is 3.01. The topological polar surface area (TPSA) is 74.7 Å². The van der Waals surface area contributed by atoms with Crippen LogP contribution in [0.3, 0.4) is 0 Å². The molecule has 2 rings (SSSR count). The van der Waals surface area contributed by atoms with Crippen LogP contribution < -0.4 is 0 Å². The normalized spacial score (nSPS) is 18.4. The number of carboxylic acids is 1. The second kappa shape index (κ2) is 8.53. The molecule has 1 aromatic rings. The lowest BCUT2D eigenvalue weighted by atomic mass is 10.1. The molecule has 5 nitrogen and oxygen atoms in total. The predicted molar refractivity (Wildman–Crippen MR) is 94.3 cm³/mol. The fraction of sp³-hybridized carbons (Fsp3) is 0.471. The zero-order valence-electron chi connectivity index (χ0n) is 13.4. The minimum atomic E-state index is -0.962. The van der Waals surface area contributed by atoms with Crippen molar-refractivity contribution in [2.75, 3.05) is 12.3 Å². The first-order valence-electron chi connectivity index (χ1n) is 7.79. The van der Waals surface area contributed by atoms with Crippen LogP contribution in [0.2, 0.25) is 0 Å². The van der Waals surface area contributed by atoms with Crippen LogP contribution in [0.25, 0.3) is 0 Å². The number of hydrogen-bond acceptors (Lipinski definition) is 4. The summed E-state index contributed by atoms with van der Waals surface area (Å²) in [5.41, 5.74) is 1.51. The Morgan fingerprint density at radius 2 is 2.00 bits per heavy atom. The summed E-state index contributed by atoms with van der Waals surface area (Å²) in [4.78, 5) is 37.2. The van der Waals surface area contributed by atoms with Crippen molar-refractivity contribution in [2.45, 2.75) is 31.7 Å². The molecular weight excluding hydrogens is 350 g/mol. The van der Waals surface area contributed by atoms with Gasteiger partial charge in [-0.1, -0.05) is 43.0 Å². The molecule has 0 radical (unpaired) electrons. The van der Waals surface area contributed by atoms with Gasteiger partial charge >= 0.3 is 5.97 Å². The number of carbonyl (C=O) groups is 3. The van der Waals surface area contributed by atoms with Crippen molar-refractivity contribution in [1.29, 1.82) is 0 Å². The molecule has 24 heavy (non-hydrogen) atoms. The molecule has 1 aromatic carbocycles. The number of carbonyl (C=O) groups excluding carboxylic acids is 2. The number of hydrogen-bond donors (Lipinski definition) is 1. The van der Waals surface area contributed by atoms with Gasteiger partial charge in [-0.2, -0.15) is 0 Å². The van der Waals surface area contributed by atoms with Gasteiger partial charge in [-0.05, 0) is 18.4 Å². The summed E-state index contributed by atoms with van der Waals surface area (Å²) in [7, 11) is 0. The molecule has 2 atom stereocenters. The van der Waals surface area contributed by atoms with Crippen LogP contribution in [0.1, 0.15) is 35.7 Å². The average Bonchev–Trinajstić information content (AvgIpc) is 3.08. The molecule has 1 aliphatic heterocycles. The van der Waals surface area contributed by atoms with Crippen LogP contribution in [0.4, 0.5) is 0 Å². The zero-order chi connectivity index (χ0) is 17.7. The molecule has 0 aromatic heterocycles. The highest BCUT2D eigenvalue weighted by Crippen LogP contribution is 2.23. The van der Waals surface area contributed by atoms with Crippen molar-refractivity contribution in [3.8, 4) is 0 Å². The van der Waals surface area contributed by atoms with E-state index >= 15 is 0 Å². The van der Waals surface area contributed by atoms with Gasteiger partial charge in [-0.15, -0.1) is 11.6 Å². The van der Waals surface area contributed by atoms with Crippen LogP contribution in [-0.4, -0.2) is 45.3 Å². The third-order valence-electron chi connectivity index (χ3n) is 4.05. The Labute approximate surface area is 150 Å². The number of likely N-dealkylation sites (tertiary alicyclic amines) is 1. The molecule has 1 amide bonds. The van der Waals surface area contributed by atoms with E-state index in [1.54, 1.807) is 31.2 Å². The van der Waals surface area contributed by atoms with Gasteiger partial charge in [0.25, 0.3) is 0 Å². The first-order chi connectivity index (χ1) is 11.4. The molecule has 7 heteroatoms. The highest BCUT2D eigenvalue weighted by atomic mass is 35.5. The number of alkyl halides is 1. The van der Waals surface area contributed by atoms with E-state index < -0.39 is 17.9 Å². The van der Waals surface area contributed by atoms with Gasteiger partial charge < -0.3 is 10.0 Å². The number of rotatable bonds is 6. The van der Waals surface area contributed by atoms with E-state index in [0.717, 1.165) is 17.3 Å². The number of nitrogens with zero attached hydrogens (tertiary/aromatic N) is 1. The van der Waals surface area contributed by atoms with E-state index in [9.17, 15) is 14.4 Å². The van der Waals surface area contributed by atoms with Gasteiger partial charge in [-0.25, -0.2) is 4.79 Å². The summed E-state index contributed by atoms with van der Waals surface area (Å²) < 4.78 is 0. The maximum absolute atomic E-state index is 12.4. The van der Waals surface area contributed by atoms with Gasteiger partial charge in [0, 0.05) is 29.7 Å². The molecule has 0 saturated carbocycles. The number of amides is 1. The van der Waals surface area contributed by atoms with Crippen molar-refractivity contribution >= 4 is 40.4 Å². The standard InChI is InChI=1S/C17H20ClNO4S/c1-11(15(20)19-8-2-3-14(19)16(21)22)10-24-17(23)13-6-4-12(9-18)5-7-13/h4-7,11,14H,2-3,8-10H2,1H3,(H,21,22)/t11-,14+/m1/s1. The highest BCUT2D eigenvalue weighted by Gasteiger charge is 2.35. The summed E-state index contributed by atoms with van der Waals surface area (Å²) in [6, 6.07) is 6.32. The molecule has 0 aliphatic carbocycles. The van der Waals surface area contributed by atoms with Gasteiger partial charge in [0.2, 0.25) is 11.0 Å². The summed E-state index contributed by atoms with van der Waals surface area (Å²) >= 11 is 6.80. The zero-order valence-corrected chi connectivity index (χ0v) is 15.0. The van der Waals surface area contributed by atoms with E-state index in [1.165, 1.54) is 4.90 Å². The first-order valence-corrected chi connectivity index (χ1v) is 9.31. The molecule has 1 fully saturated rings. The van der Waals surface area contributed by atoms with Crippen molar-refractivity contribution in [1.82, 2.24) is 4.90 Å². The average molecular weight is 370 g/mol. The molecule has 130 valence electrons. The summed E-state index contributed by atoms with van der Waals surface area (Å²) in [5.74, 6) is -0.833. The van der Waals surface area contributed by atoms with E-state index in [2.05, 4.69) is 0 Å². The quantitative estimate of drug-likeness (QED) is 0.780. The highest BCUT2D eigenvalue weighted by molar-refractivity contribution is 8.14. The van der Waals surface area contributed by atoms with Crippen LogP contribution in [0, 0.1) is 5.92 Å². The monoisotopic (exact) mass is 369 g/mol. The number of aliphatic carboxylic acids is 1. The summed E-state index contributed by atoms with van der Waals surface area (Å²) in [6.07, 6.45) is 1.20. The first kappa shape index (κ1) is 18.8. The molecule has 1 aliphatic rings. The van der Waals surface area contributed by atoms with Crippen molar-refractivity contribution in [2.24, 2.45) is 5.92 Å². The van der Waals surface area contributed by atoms with Crippen LogP contribution >= 0.6 is 23.4 Å². The molecule has 1 saturated heterocycles. The number of benzene rings is 1. The Kier molecular flexibility index (Phi) is 6.69. The van der Waals surface area contributed by atoms with E-state index in [-0.39, 0.29) is 11.0 Å². The molecule has 0 unspecified atom stereocenters. The summed E-state index contributed by atoms with van der Waals surface area (Å²) in [5, 5.41) is 9.06. The van der Waals surface area contributed by atoms with Gasteiger partial charge in [0.15, 0.2) is 0 Å². The fourth-order valence-corrected chi connectivity index (χ4v) is 3.68. The molecular formula is C17H20ClNO4S. The number of halogens is 1. The summed E-state index contributed by atoms with van der Waals surface area (Å²) in [6.45, 7) is 2.20. The lowest BCUT2D eigenvalue weighted by molar-refractivity contribution is -0.149. The Hall–Kier alpha value is -1.53. The molecule has 0 bridgehead atoms. The Morgan fingerprint density at radius 3 is 2.58 bits per heavy atom. The number of carboxylic acid groups (broad SMARTS) is 1. The molecule has 0 spiro atoms. The second-order valence-corrected chi connectivity index (χ2v) is 7.12. The third kappa shape index (κ3) is 4.51. The Morgan fingerprint density at radius 1 is 1.33 bits per heavy atom. The minimum Gasteiger partial charge on any atom is -0.480 e. The smallest absolute Gasteiger partial charge is 0.326 e. The Balaban J connectivity index is 1.89. The van der Waals surface area contributed by atoms with Crippen LogP contribution in [-0.2, 0) is 15.5 Å². The lowest BCUT2D eigenvalue weighted by Gasteiger charge is -2.24. The largest absolute Gasteiger partial charge is 0.480 e. The van der Waals surface area contributed by atoms with Crippen molar-refractivity contribution < 1.29 is 19.5 Å². The van der Waals surface area contributed by atoms with Crippen LogP contribution in [0.5, 0.6) is 0 Å². The van der Waals surface area contributed by atoms with E-state index in [1.807, 2.05) is 0 Å². The van der Waals surface area contributed by atoms with Gasteiger partial charge in [0.05, 0.1) is 0 Å². The van der Waals surface area contributed by atoms with Gasteiger partial charge in [-0.3, -0.25) is 9.59 Å². The van der Waals surface area contributed by atoms with Gasteiger partial charge in [0.1, 0.15) is 6.04 Å². The minimum absolute atomic E-state index is 0.105. The molecule has 1 N–H and O–H groups in total. The van der Waals surface area contributed by atoms with E-state index in [4.69, 9.17) is 16.7 Å². The SMILES string of the molecule is C[C@H](CSC(=O)c1ccc(CCl)cc1)C(=O)N1CCC[C@H]1C(=O)O. The molecule has 1 heterocycles. The van der Waals surface area contributed by atoms with Crippen LogP contribution in [0.15, 0.2) is 24.3 Å². The lowest BCUT2D eigenvalue weighted by Crippen LogP contribution is -2.43. The maximum atomic E-state index is 12.4. The fourth-order valence-electron chi connectivity index (χ4n) is 2.66. The van der Waals surface area contributed by atoms with E-state index in [0.29, 0.717) is 36.6 Å². The maximum Gasteiger partial charge on any atom is 0.326 e. The third-order valence-corrected chi connectivity index (χ3v) is 5.52. The number of thioether (sulfide) groups is 1. The second-order valence-electron chi connectivity index (χ2n) is 5.86. The Bertz CT molecular complexity index is 620. The van der Waals surface area contributed by atoms with Crippen molar-refractivity contribution in [3.05, 3.63) is 35.4 Å². The van der Waals surface area contributed by atoms with Crippen molar-refractivity contribution in [3.63, 3.8) is 0 Å².